The maximum absolute atomic E-state index is 5.78. The van der Waals surface area contributed by atoms with Gasteiger partial charge in [-0.25, -0.2) is 4.98 Å². The molecular weight excluding hydrogens is 226 g/mol. The molecule has 0 aromatic carbocycles. The quantitative estimate of drug-likeness (QED) is 0.886. The van der Waals surface area contributed by atoms with Crippen molar-refractivity contribution in [1.82, 2.24) is 10.3 Å². The van der Waals surface area contributed by atoms with Gasteiger partial charge in [0.2, 0.25) is 0 Å². The third-order valence-corrected chi connectivity index (χ3v) is 3.08. The van der Waals surface area contributed by atoms with Gasteiger partial charge in [-0.1, -0.05) is 6.92 Å². The Hall–Kier alpha value is -1.29. The zero-order valence-corrected chi connectivity index (χ0v) is 11.6. The molecular formula is C14H23N3O. The molecule has 1 aromatic rings. The molecule has 4 heteroatoms. The van der Waals surface area contributed by atoms with Crippen LogP contribution in [0.15, 0.2) is 18.3 Å². The summed E-state index contributed by atoms with van der Waals surface area (Å²) in [6, 6.07) is 3.94. The van der Waals surface area contributed by atoms with E-state index in [0.717, 1.165) is 44.2 Å². The van der Waals surface area contributed by atoms with Crippen LogP contribution in [0.1, 0.15) is 27.2 Å². The van der Waals surface area contributed by atoms with Crippen LogP contribution in [0.3, 0.4) is 0 Å². The van der Waals surface area contributed by atoms with Crippen molar-refractivity contribution in [1.29, 1.82) is 0 Å². The van der Waals surface area contributed by atoms with Gasteiger partial charge in [-0.3, -0.25) is 0 Å². The monoisotopic (exact) mass is 249 g/mol. The van der Waals surface area contributed by atoms with Crippen LogP contribution in [0.5, 0.6) is 5.75 Å². The minimum Gasteiger partial charge on any atom is -0.490 e. The lowest BCUT2D eigenvalue weighted by atomic mass is 10.0. The summed E-state index contributed by atoms with van der Waals surface area (Å²) >= 11 is 0. The summed E-state index contributed by atoms with van der Waals surface area (Å²) in [5.41, 5.74) is 0.123. The van der Waals surface area contributed by atoms with Crippen molar-refractivity contribution in [3.63, 3.8) is 0 Å². The Morgan fingerprint density at radius 1 is 1.50 bits per heavy atom. The fourth-order valence-electron chi connectivity index (χ4n) is 2.27. The Bertz CT molecular complexity index is 392. The molecule has 0 unspecified atom stereocenters. The van der Waals surface area contributed by atoms with Crippen LogP contribution in [-0.2, 0) is 0 Å². The third-order valence-electron chi connectivity index (χ3n) is 3.08. The normalized spacial score (nSPS) is 18.7. The van der Waals surface area contributed by atoms with Crippen LogP contribution in [0.4, 0.5) is 5.82 Å². The Morgan fingerprint density at radius 3 is 3.06 bits per heavy atom. The van der Waals surface area contributed by atoms with Crippen molar-refractivity contribution in [2.75, 3.05) is 31.1 Å². The highest BCUT2D eigenvalue weighted by atomic mass is 16.5. The van der Waals surface area contributed by atoms with E-state index < -0.39 is 0 Å². The summed E-state index contributed by atoms with van der Waals surface area (Å²) < 4.78 is 5.78. The molecule has 0 radical (unpaired) electrons. The van der Waals surface area contributed by atoms with Gasteiger partial charge in [0.1, 0.15) is 0 Å². The molecule has 2 rings (SSSR count). The minimum absolute atomic E-state index is 0.123. The summed E-state index contributed by atoms with van der Waals surface area (Å²) in [4.78, 5) is 6.80. The summed E-state index contributed by atoms with van der Waals surface area (Å²) in [5, 5.41) is 3.51. The van der Waals surface area contributed by atoms with Gasteiger partial charge >= 0.3 is 0 Å². The molecule has 1 aliphatic rings. The molecule has 0 spiro atoms. The second-order valence-corrected chi connectivity index (χ2v) is 5.41. The number of nitrogens with zero attached hydrogens (tertiary/aromatic N) is 2. The van der Waals surface area contributed by atoms with Crippen LogP contribution >= 0.6 is 0 Å². The topological polar surface area (TPSA) is 37.4 Å². The zero-order valence-electron chi connectivity index (χ0n) is 11.6. The van der Waals surface area contributed by atoms with E-state index in [1.807, 2.05) is 18.3 Å². The average Bonchev–Trinajstić information content (AvgIpc) is 2.35. The van der Waals surface area contributed by atoms with Crippen molar-refractivity contribution in [2.45, 2.75) is 32.7 Å². The van der Waals surface area contributed by atoms with Crippen LogP contribution < -0.4 is 15.0 Å². The number of rotatable bonds is 4. The maximum Gasteiger partial charge on any atom is 0.171 e. The first-order valence-electron chi connectivity index (χ1n) is 6.70. The smallest absolute Gasteiger partial charge is 0.171 e. The van der Waals surface area contributed by atoms with E-state index in [9.17, 15) is 0 Å². The van der Waals surface area contributed by atoms with Gasteiger partial charge in [-0.05, 0) is 32.4 Å². The molecule has 2 heterocycles. The molecule has 0 bridgehead atoms. The summed E-state index contributed by atoms with van der Waals surface area (Å²) in [6.07, 6.45) is 2.85. The Kier molecular flexibility index (Phi) is 4.07. The fraction of sp³-hybridized carbons (Fsp3) is 0.643. The molecule has 1 fully saturated rings. The lowest BCUT2D eigenvalue weighted by molar-refractivity contribution is 0.310. The Labute approximate surface area is 109 Å². The van der Waals surface area contributed by atoms with Crippen molar-refractivity contribution in [2.24, 2.45) is 0 Å². The Morgan fingerprint density at radius 2 is 2.33 bits per heavy atom. The average molecular weight is 249 g/mol. The number of piperazine rings is 1. The molecule has 18 heavy (non-hydrogen) atoms. The van der Waals surface area contributed by atoms with Crippen molar-refractivity contribution < 1.29 is 4.74 Å². The summed E-state index contributed by atoms with van der Waals surface area (Å²) in [6.45, 7) is 10.2. The number of aromatic nitrogens is 1. The number of anilines is 1. The van der Waals surface area contributed by atoms with Gasteiger partial charge in [0.05, 0.1) is 6.61 Å². The van der Waals surface area contributed by atoms with E-state index in [1.54, 1.807) is 0 Å². The standard InChI is InChI=1S/C14H23N3O/c1-4-10-18-12-6-5-7-15-13(12)17-9-8-16-14(2,3)11-17/h5-7,16H,4,8-11H2,1-3H3. The van der Waals surface area contributed by atoms with Gasteiger partial charge < -0.3 is 15.0 Å². The van der Waals surface area contributed by atoms with Crippen molar-refractivity contribution in [3.8, 4) is 5.75 Å². The first-order chi connectivity index (χ1) is 8.62. The number of hydrogen-bond acceptors (Lipinski definition) is 4. The van der Waals surface area contributed by atoms with Crippen molar-refractivity contribution in [3.05, 3.63) is 18.3 Å². The molecule has 0 aliphatic carbocycles. The van der Waals surface area contributed by atoms with E-state index in [1.165, 1.54) is 0 Å². The first-order valence-corrected chi connectivity index (χ1v) is 6.70. The number of nitrogens with one attached hydrogen (secondary N) is 1. The van der Waals surface area contributed by atoms with Crippen LogP contribution in [0.25, 0.3) is 0 Å². The minimum atomic E-state index is 0.123. The summed E-state index contributed by atoms with van der Waals surface area (Å²) in [5.74, 6) is 1.87. The molecule has 100 valence electrons. The molecule has 4 nitrogen and oxygen atoms in total. The van der Waals surface area contributed by atoms with Gasteiger partial charge in [0.15, 0.2) is 11.6 Å². The number of pyridine rings is 1. The van der Waals surface area contributed by atoms with Gasteiger partial charge in [0, 0.05) is 31.4 Å². The molecule has 0 saturated carbocycles. The van der Waals surface area contributed by atoms with E-state index >= 15 is 0 Å². The second kappa shape index (κ2) is 5.57. The van der Waals surface area contributed by atoms with E-state index in [0.29, 0.717) is 0 Å². The zero-order chi connectivity index (χ0) is 13.0. The molecule has 1 saturated heterocycles. The van der Waals surface area contributed by atoms with Crippen LogP contribution in [0, 0.1) is 0 Å². The highest BCUT2D eigenvalue weighted by molar-refractivity contribution is 5.52. The van der Waals surface area contributed by atoms with Gasteiger partial charge in [-0.15, -0.1) is 0 Å². The van der Waals surface area contributed by atoms with E-state index in [2.05, 4.69) is 36.0 Å². The largest absolute Gasteiger partial charge is 0.490 e. The van der Waals surface area contributed by atoms with E-state index in [4.69, 9.17) is 4.74 Å². The number of ether oxygens (including phenoxy) is 1. The predicted molar refractivity (Wildman–Crippen MR) is 74.3 cm³/mol. The fourth-order valence-corrected chi connectivity index (χ4v) is 2.27. The van der Waals surface area contributed by atoms with Crippen molar-refractivity contribution >= 4 is 5.82 Å². The predicted octanol–water partition coefficient (Wildman–Crippen LogP) is 2.06. The maximum atomic E-state index is 5.78. The third kappa shape index (κ3) is 3.13. The highest BCUT2D eigenvalue weighted by Crippen LogP contribution is 2.27. The number of hydrogen-bond donors (Lipinski definition) is 1. The summed E-state index contributed by atoms with van der Waals surface area (Å²) in [7, 11) is 0. The molecule has 1 N–H and O–H groups in total. The van der Waals surface area contributed by atoms with Gasteiger partial charge in [0.25, 0.3) is 0 Å². The molecule has 1 aromatic heterocycles. The van der Waals surface area contributed by atoms with Crippen LogP contribution in [-0.4, -0.2) is 36.8 Å². The molecule has 0 amide bonds. The molecule has 0 atom stereocenters. The van der Waals surface area contributed by atoms with Gasteiger partial charge in [-0.2, -0.15) is 0 Å². The second-order valence-electron chi connectivity index (χ2n) is 5.41. The Balaban J connectivity index is 2.16. The lowest BCUT2D eigenvalue weighted by Crippen LogP contribution is -2.57. The van der Waals surface area contributed by atoms with E-state index in [-0.39, 0.29) is 5.54 Å². The van der Waals surface area contributed by atoms with Crippen LogP contribution in [0.2, 0.25) is 0 Å². The highest BCUT2D eigenvalue weighted by Gasteiger charge is 2.27. The SMILES string of the molecule is CCCOc1cccnc1N1CCNC(C)(C)C1. The lowest BCUT2D eigenvalue weighted by Gasteiger charge is -2.40. The molecule has 1 aliphatic heterocycles. The first kappa shape index (κ1) is 13.1.